The van der Waals surface area contributed by atoms with E-state index < -0.39 is 0 Å². The van der Waals surface area contributed by atoms with Gasteiger partial charge in [-0.15, -0.1) is 0 Å². The molecule has 0 N–H and O–H groups in total. The van der Waals surface area contributed by atoms with Gasteiger partial charge in [-0.05, 0) is 38.7 Å². The highest BCUT2D eigenvalue weighted by Gasteiger charge is 2.18. The van der Waals surface area contributed by atoms with E-state index in [1.54, 1.807) is 0 Å². The van der Waals surface area contributed by atoms with Gasteiger partial charge in [0.1, 0.15) is 0 Å². The molecule has 1 unspecified atom stereocenters. The molecule has 15 heavy (non-hydrogen) atoms. The van der Waals surface area contributed by atoms with Crippen LogP contribution in [0.3, 0.4) is 0 Å². The highest BCUT2D eigenvalue weighted by Crippen LogP contribution is 2.20. The summed E-state index contributed by atoms with van der Waals surface area (Å²) in [7, 11) is 0. The molecule has 0 aliphatic carbocycles. The van der Waals surface area contributed by atoms with Crippen LogP contribution in [0.1, 0.15) is 31.2 Å². The average Bonchev–Trinajstić information content (AvgIpc) is 2.16. The van der Waals surface area contributed by atoms with Gasteiger partial charge in [-0.25, -0.2) is 9.97 Å². The zero-order valence-corrected chi connectivity index (χ0v) is 9.82. The Morgan fingerprint density at radius 3 is 2.53 bits per heavy atom. The summed E-state index contributed by atoms with van der Waals surface area (Å²) in [5.74, 6) is 1.68. The van der Waals surface area contributed by atoms with Crippen molar-refractivity contribution in [1.82, 2.24) is 9.97 Å². The molecule has 1 atom stereocenters. The van der Waals surface area contributed by atoms with E-state index >= 15 is 0 Å². The highest BCUT2D eigenvalue weighted by molar-refractivity contribution is 5.32. The predicted octanol–water partition coefficient (Wildman–Crippen LogP) is 2.33. The van der Waals surface area contributed by atoms with Gasteiger partial charge in [0.05, 0.1) is 0 Å². The summed E-state index contributed by atoms with van der Waals surface area (Å²) in [5.41, 5.74) is 2.13. The van der Waals surface area contributed by atoms with E-state index in [2.05, 4.69) is 21.8 Å². The van der Waals surface area contributed by atoms with E-state index in [4.69, 9.17) is 0 Å². The first-order chi connectivity index (χ1) is 7.15. The normalized spacial score (nSPS) is 21.8. The summed E-state index contributed by atoms with van der Waals surface area (Å²) < 4.78 is 0. The largest absolute Gasteiger partial charge is 0.341 e. The molecule has 0 radical (unpaired) electrons. The molecular formula is C12H19N3. The zero-order chi connectivity index (χ0) is 10.8. The Hall–Kier alpha value is -1.12. The van der Waals surface area contributed by atoms with Crippen LogP contribution in [-0.4, -0.2) is 23.1 Å². The number of hydrogen-bond acceptors (Lipinski definition) is 3. The van der Waals surface area contributed by atoms with E-state index in [1.165, 1.54) is 12.8 Å². The minimum absolute atomic E-state index is 0.767. The summed E-state index contributed by atoms with van der Waals surface area (Å²) in [6.07, 6.45) is 2.60. The van der Waals surface area contributed by atoms with E-state index in [0.717, 1.165) is 36.3 Å². The van der Waals surface area contributed by atoms with Gasteiger partial charge >= 0.3 is 0 Å². The third-order valence-corrected chi connectivity index (χ3v) is 2.91. The van der Waals surface area contributed by atoms with Crippen LogP contribution < -0.4 is 4.90 Å². The number of rotatable bonds is 1. The fraction of sp³-hybridized carbons (Fsp3) is 0.667. The zero-order valence-electron chi connectivity index (χ0n) is 9.82. The first-order valence-electron chi connectivity index (χ1n) is 5.72. The molecule has 0 spiro atoms. The second-order valence-electron chi connectivity index (χ2n) is 4.64. The van der Waals surface area contributed by atoms with Gasteiger partial charge in [-0.2, -0.15) is 0 Å². The molecule has 0 aromatic carbocycles. The van der Waals surface area contributed by atoms with Gasteiger partial charge in [0.25, 0.3) is 0 Å². The molecule has 0 bridgehead atoms. The lowest BCUT2D eigenvalue weighted by molar-refractivity contribution is 0.441. The fourth-order valence-electron chi connectivity index (χ4n) is 2.22. The van der Waals surface area contributed by atoms with Crippen molar-refractivity contribution in [2.24, 2.45) is 5.92 Å². The van der Waals surface area contributed by atoms with Gasteiger partial charge in [-0.1, -0.05) is 6.92 Å². The smallest absolute Gasteiger partial charge is 0.225 e. The predicted molar refractivity (Wildman–Crippen MR) is 62.1 cm³/mol. The van der Waals surface area contributed by atoms with Gasteiger partial charge < -0.3 is 4.90 Å². The topological polar surface area (TPSA) is 29.0 Å². The Balaban J connectivity index is 2.20. The van der Waals surface area contributed by atoms with Crippen molar-refractivity contribution in [3.63, 3.8) is 0 Å². The van der Waals surface area contributed by atoms with Crippen LogP contribution >= 0.6 is 0 Å². The minimum Gasteiger partial charge on any atom is -0.341 e. The van der Waals surface area contributed by atoms with Crippen LogP contribution in [0.25, 0.3) is 0 Å². The van der Waals surface area contributed by atoms with Crippen molar-refractivity contribution in [3.05, 3.63) is 17.5 Å². The summed E-state index contributed by atoms with van der Waals surface area (Å²) in [6, 6.07) is 2.02. The minimum atomic E-state index is 0.767. The van der Waals surface area contributed by atoms with E-state index in [1.807, 2.05) is 19.9 Å². The lowest BCUT2D eigenvalue weighted by atomic mass is 10.0. The monoisotopic (exact) mass is 205 g/mol. The maximum absolute atomic E-state index is 4.51. The van der Waals surface area contributed by atoms with Crippen LogP contribution in [-0.2, 0) is 0 Å². The number of anilines is 1. The SMILES string of the molecule is Cc1cc(C)nc(N2CCCC(C)C2)n1. The lowest BCUT2D eigenvalue weighted by Crippen LogP contribution is -2.35. The van der Waals surface area contributed by atoms with Crippen LogP contribution in [0.4, 0.5) is 5.95 Å². The van der Waals surface area contributed by atoms with Crippen molar-refractivity contribution in [1.29, 1.82) is 0 Å². The summed E-state index contributed by atoms with van der Waals surface area (Å²) in [4.78, 5) is 11.3. The molecule has 1 aromatic rings. The third-order valence-electron chi connectivity index (χ3n) is 2.91. The second kappa shape index (κ2) is 4.17. The molecular weight excluding hydrogens is 186 g/mol. The van der Waals surface area contributed by atoms with E-state index in [-0.39, 0.29) is 0 Å². The van der Waals surface area contributed by atoms with E-state index in [9.17, 15) is 0 Å². The third kappa shape index (κ3) is 2.46. The van der Waals surface area contributed by atoms with Gasteiger partial charge in [0.15, 0.2) is 0 Å². The Labute approximate surface area is 91.5 Å². The Bertz CT molecular complexity index is 328. The van der Waals surface area contributed by atoms with Crippen molar-refractivity contribution >= 4 is 5.95 Å². The highest BCUT2D eigenvalue weighted by atomic mass is 15.3. The molecule has 3 nitrogen and oxygen atoms in total. The molecule has 2 heterocycles. The molecule has 1 aliphatic heterocycles. The molecule has 1 saturated heterocycles. The molecule has 3 heteroatoms. The number of nitrogens with zero attached hydrogens (tertiary/aromatic N) is 3. The van der Waals surface area contributed by atoms with Crippen LogP contribution in [0.15, 0.2) is 6.07 Å². The summed E-state index contributed by atoms with van der Waals surface area (Å²) in [6.45, 7) is 8.57. The van der Waals surface area contributed by atoms with E-state index in [0.29, 0.717) is 0 Å². The molecule has 2 rings (SSSR count). The van der Waals surface area contributed by atoms with Gasteiger partial charge in [-0.3, -0.25) is 0 Å². The first-order valence-corrected chi connectivity index (χ1v) is 5.72. The van der Waals surface area contributed by atoms with Gasteiger partial charge in [0, 0.05) is 24.5 Å². The van der Waals surface area contributed by atoms with Crippen LogP contribution in [0.5, 0.6) is 0 Å². The van der Waals surface area contributed by atoms with Crippen molar-refractivity contribution in [3.8, 4) is 0 Å². The lowest BCUT2D eigenvalue weighted by Gasteiger charge is -2.31. The Kier molecular flexibility index (Phi) is 2.89. The molecule has 1 fully saturated rings. The molecule has 0 saturated carbocycles. The first kappa shape index (κ1) is 10.4. The maximum Gasteiger partial charge on any atom is 0.225 e. The van der Waals surface area contributed by atoms with Gasteiger partial charge in [0.2, 0.25) is 5.95 Å². The Morgan fingerprint density at radius 2 is 1.93 bits per heavy atom. The Morgan fingerprint density at radius 1 is 1.27 bits per heavy atom. The molecule has 1 aromatic heterocycles. The average molecular weight is 205 g/mol. The second-order valence-corrected chi connectivity index (χ2v) is 4.64. The van der Waals surface area contributed by atoms with Crippen molar-refractivity contribution in [2.45, 2.75) is 33.6 Å². The number of hydrogen-bond donors (Lipinski definition) is 0. The number of aromatic nitrogens is 2. The molecule has 82 valence electrons. The van der Waals surface area contributed by atoms with Crippen LogP contribution in [0.2, 0.25) is 0 Å². The number of aryl methyl sites for hydroxylation is 2. The molecule has 0 amide bonds. The fourth-order valence-corrected chi connectivity index (χ4v) is 2.22. The van der Waals surface area contributed by atoms with Crippen molar-refractivity contribution < 1.29 is 0 Å². The van der Waals surface area contributed by atoms with Crippen molar-refractivity contribution in [2.75, 3.05) is 18.0 Å². The maximum atomic E-state index is 4.51. The van der Waals surface area contributed by atoms with Crippen LogP contribution in [0, 0.1) is 19.8 Å². The number of piperidine rings is 1. The molecule has 1 aliphatic rings. The summed E-state index contributed by atoms with van der Waals surface area (Å²) in [5, 5.41) is 0. The standard InChI is InChI=1S/C12H19N3/c1-9-5-4-6-15(8-9)12-13-10(2)7-11(3)14-12/h7,9H,4-6,8H2,1-3H3. The quantitative estimate of drug-likeness (QED) is 0.704. The summed E-state index contributed by atoms with van der Waals surface area (Å²) >= 11 is 0.